The third kappa shape index (κ3) is 3.13. The van der Waals surface area contributed by atoms with Gasteiger partial charge in [0.25, 0.3) is 0 Å². The minimum absolute atomic E-state index is 0.708. The third-order valence-corrected chi connectivity index (χ3v) is 3.39. The van der Waals surface area contributed by atoms with Crippen molar-refractivity contribution in [1.29, 1.82) is 0 Å². The fraction of sp³-hybridized carbons (Fsp3) is 0.538. The Bertz CT molecular complexity index is 346. The largest absolute Gasteiger partial charge is 0.385 e. The van der Waals surface area contributed by atoms with E-state index >= 15 is 0 Å². The zero-order valence-electron chi connectivity index (χ0n) is 9.72. The Morgan fingerprint density at radius 3 is 3.06 bits per heavy atom. The Labute approximate surface area is 102 Å². The number of nitrogens with one attached hydrogen (secondary N) is 2. The van der Waals surface area contributed by atoms with Crippen molar-refractivity contribution >= 4 is 17.3 Å². The monoisotopic (exact) mass is 238 g/mol. The van der Waals surface area contributed by atoms with Gasteiger partial charge in [0.15, 0.2) is 0 Å². The highest BCUT2D eigenvalue weighted by atomic mass is 35.5. The SMILES string of the molecule is Cc1cc(Cl)ccc1NCCC1CCCN1. The molecule has 1 aliphatic heterocycles. The van der Waals surface area contributed by atoms with Gasteiger partial charge in [-0.2, -0.15) is 0 Å². The lowest BCUT2D eigenvalue weighted by molar-refractivity contribution is 0.574. The minimum Gasteiger partial charge on any atom is -0.385 e. The second-order valence-corrected chi connectivity index (χ2v) is 4.90. The molecule has 1 heterocycles. The molecule has 1 unspecified atom stereocenters. The summed E-state index contributed by atoms with van der Waals surface area (Å²) in [5, 5.41) is 7.78. The van der Waals surface area contributed by atoms with Gasteiger partial charge in [0.1, 0.15) is 0 Å². The van der Waals surface area contributed by atoms with Crippen molar-refractivity contribution in [3.05, 3.63) is 28.8 Å². The highest BCUT2D eigenvalue weighted by Gasteiger charge is 2.12. The maximum atomic E-state index is 5.92. The minimum atomic E-state index is 0.708. The third-order valence-electron chi connectivity index (χ3n) is 3.16. The van der Waals surface area contributed by atoms with Crippen molar-refractivity contribution in [3.63, 3.8) is 0 Å². The lowest BCUT2D eigenvalue weighted by Gasteiger charge is -2.13. The topological polar surface area (TPSA) is 24.1 Å². The van der Waals surface area contributed by atoms with Crippen LogP contribution in [0.3, 0.4) is 0 Å². The van der Waals surface area contributed by atoms with Crippen molar-refractivity contribution in [2.24, 2.45) is 0 Å². The van der Waals surface area contributed by atoms with Gasteiger partial charge in [-0.1, -0.05) is 11.6 Å². The van der Waals surface area contributed by atoms with Gasteiger partial charge in [0.05, 0.1) is 0 Å². The molecule has 1 atom stereocenters. The molecule has 2 rings (SSSR count). The van der Waals surface area contributed by atoms with E-state index in [1.807, 2.05) is 12.1 Å². The van der Waals surface area contributed by atoms with Gasteiger partial charge >= 0.3 is 0 Å². The van der Waals surface area contributed by atoms with Crippen LogP contribution in [0.2, 0.25) is 5.02 Å². The van der Waals surface area contributed by atoms with Crippen LogP contribution in [0.4, 0.5) is 5.69 Å². The molecule has 2 N–H and O–H groups in total. The van der Waals surface area contributed by atoms with Crippen LogP contribution in [0, 0.1) is 6.92 Å². The number of hydrogen-bond acceptors (Lipinski definition) is 2. The van der Waals surface area contributed by atoms with E-state index in [0.717, 1.165) is 11.6 Å². The van der Waals surface area contributed by atoms with Gasteiger partial charge in [-0.05, 0) is 56.5 Å². The summed E-state index contributed by atoms with van der Waals surface area (Å²) in [5.41, 5.74) is 2.41. The Kier molecular flexibility index (Phi) is 4.08. The van der Waals surface area contributed by atoms with Crippen LogP contribution in [0.5, 0.6) is 0 Å². The first-order chi connectivity index (χ1) is 7.75. The second-order valence-electron chi connectivity index (χ2n) is 4.47. The van der Waals surface area contributed by atoms with Crippen LogP contribution in [0.25, 0.3) is 0 Å². The Morgan fingerprint density at radius 2 is 2.38 bits per heavy atom. The first kappa shape index (κ1) is 11.7. The summed E-state index contributed by atoms with van der Waals surface area (Å²) in [6.45, 7) is 4.30. The number of aryl methyl sites for hydroxylation is 1. The lowest BCUT2D eigenvalue weighted by Crippen LogP contribution is -2.24. The Morgan fingerprint density at radius 1 is 1.50 bits per heavy atom. The van der Waals surface area contributed by atoms with Gasteiger partial charge in [0.2, 0.25) is 0 Å². The van der Waals surface area contributed by atoms with Gasteiger partial charge in [0, 0.05) is 23.3 Å². The van der Waals surface area contributed by atoms with E-state index < -0.39 is 0 Å². The molecule has 2 nitrogen and oxygen atoms in total. The number of halogens is 1. The van der Waals surface area contributed by atoms with Crippen molar-refractivity contribution in [1.82, 2.24) is 5.32 Å². The molecule has 0 aliphatic carbocycles. The zero-order chi connectivity index (χ0) is 11.4. The summed E-state index contributed by atoms with van der Waals surface area (Å²) in [4.78, 5) is 0. The maximum absolute atomic E-state index is 5.92. The van der Waals surface area contributed by atoms with E-state index in [1.54, 1.807) is 0 Å². The van der Waals surface area contributed by atoms with Gasteiger partial charge in [-0.25, -0.2) is 0 Å². The summed E-state index contributed by atoms with van der Waals surface area (Å²) in [6.07, 6.45) is 3.84. The van der Waals surface area contributed by atoms with Crippen LogP contribution >= 0.6 is 11.6 Å². The van der Waals surface area contributed by atoms with Crippen LogP contribution in [0.15, 0.2) is 18.2 Å². The normalized spacial score (nSPS) is 20.0. The zero-order valence-corrected chi connectivity index (χ0v) is 10.5. The average molecular weight is 239 g/mol. The van der Waals surface area contributed by atoms with Crippen molar-refractivity contribution < 1.29 is 0 Å². The second kappa shape index (κ2) is 5.55. The summed E-state index contributed by atoms with van der Waals surface area (Å²) < 4.78 is 0. The molecular formula is C13H19ClN2. The smallest absolute Gasteiger partial charge is 0.0410 e. The lowest BCUT2D eigenvalue weighted by atomic mass is 10.1. The molecule has 0 saturated carbocycles. The van der Waals surface area contributed by atoms with E-state index in [0.29, 0.717) is 6.04 Å². The molecule has 16 heavy (non-hydrogen) atoms. The fourth-order valence-corrected chi connectivity index (χ4v) is 2.44. The predicted octanol–water partition coefficient (Wildman–Crippen LogP) is 3.20. The van der Waals surface area contributed by atoms with Crippen LogP contribution in [0.1, 0.15) is 24.8 Å². The Hall–Kier alpha value is -0.730. The van der Waals surface area contributed by atoms with Gasteiger partial charge < -0.3 is 10.6 Å². The molecular weight excluding hydrogens is 220 g/mol. The summed E-state index contributed by atoms with van der Waals surface area (Å²) in [6, 6.07) is 6.70. The van der Waals surface area contributed by atoms with Crippen LogP contribution in [-0.2, 0) is 0 Å². The molecule has 0 radical (unpaired) electrons. The molecule has 1 fully saturated rings. The highest BCUT2D eigenvalue weighted by molar-refractivity contribution is 6.30. The Balaban J connectivity index is 1.80. The summed E-state index contributed by atoms with van der Waals surface area (Å²) in [5.74, 6) is 0. The molecule has 1 aliphatic rings. The molecule has 0 aromatic heterocycles. The van der Waals surface area contributed by atoms with Crippen molar-refractivity contribution in [2.45, 2.75) is 32.2 Å². The van der Waals surface area contributed by atoms with E-state index in [-0.39, 0.29) is 0 Å². The van der Waals surface area contributed by atoms with E-state index in [2.05, 4.69) is 23.6 Å². The molecule has 0 spiro atoms. The predicted molar refractivity (Wildman–Crippen MR) is 70.3 cm³/mol. The molecule has 3 heteroatoms. The molecule has 1 aromatic carbocycles. The summed E-state index contributed by atoms with van der Waals surface area (Å²) >= 11 is 5.92. The number of anilines is 1. The van der Waals surface area contributed by atoms with Crippen LogP contribution < -0.4 is 10.6 Å². The number of benzene rings is 1. The number of rotatable bonds is 4. The first-order valence-electron chi connectivity index (χ1n) is 5.99. The number of hydrogen-bond donors (Lipinski definition) is 2. The molecule has 88 valence electrons. The molecule has 0 amide bonds. The van der Waals surface area contributed by atoms with Crippen molar-refractivity contribution in [2.75, 3.05) is 18.4 Å². The van der Waals surface area contributed by atoms with Gasteiger partial charge in [-0.3, -0.25) is 0 Å². The van der Waals surface area contributed by atoms with E-state index in [9.17, 15) is 0 Å². The average Bonchev–Trinajstić information content (AvgIpc) is 2.74. The standard InChI is InChI=1S/C13H19ClN2/c1-10-9-11(14)4-5-13(10)16-8-6-12-3-2-7-15-12/h4-5,9,12,15-16H,2-3,6-8H2,1H3. The molecule has 1 saturated heterocycles. The molecule has 1 aromatic rings. The van der Waals surface area contributed by atoms with Gasteiger partial charge in [-0.15, -0.1) is 0 Å². The maximum Gasteiger partial charge on any atom is 0.0410 e. The van der Waals surface area contributed by atoms with E-state index in [1.165, 1.54) is 37.1 Å². The fourth-order valence-electron chi connectivity index (χ4n) is 2.21. The first-order valence-corrected chi connectivity index (χ1v) is 6.37. The van der Waals surface area contributed by atoms with Crippen LogP contribution in [-0.4, -0.2) is 19.1 Å². The molecule has 0 bridgehead atoms. The van der Waals surface area contributed by atoms with E-state index in [4.69, 9.17) is 11.6 Å². The van der Waals surface area contributed by atoms with Crippen molar-refractivity contribution in [3.8, 4) is 0 Å². The quantitative estimate of drug-likeness (QED) is 0.842. The highest BCUT2D eigenvalue weighted by Crippen LogP contribution is 2.19. The summed E-state index contributed by atoms with van der Waals surface area (Å²) in [7, 11) is 0.